The number of methoxy groups -OCH3 is 2. The molecule has 1 aliphatic heterocycles. The lowest BCUT2D eigenvalue weighted by Gasteiger charge is -2.19. The molecule has 1 amide bonds. The highest BCUT2D eigenvalue weighted by molar-refractivity contribution is 5.94. The van der Waals surface area contributed by atoms with Gasteiger partial charge < -0.3 is 19.5 Å². The van der Waals surface area contributed by atoms with Crippen LogP contribution in [-0.4, -0.2) is 32.7 Å². The minimum absolute atomic E-state index is 0.0309. The van der Waals surface area contributed by atoms with E-state index in [9.17, 15) is 9.59 Å². The van der Waals surface area contributed by atoms with Gasteiger partial charge in [-0.3, -0.25) is 4.79 Å². The van der Waals surface area contributed by atoms with Gasteiger partial charge in [-0.25, -0.2) is 4.79 Å². The molecule has 0 radical (unpaired) electrons. The summed E-state index contributed by atoms with van der Waals surface area (Å²) in [5.41, 5.74) is 1.68. The number of ether oxygens (including phenoxy) is 3. The molecule has 6 heteroatoms. The Labute approximate surface area is 110 Å². The minimum Gasteiger partial charge on any atom is -0.493 e. The second kappa shape index (κ2) is 5.60. The first kappa shape index (κ1) is 13.2. The third kappa shape index (κ3) is 2.96. The van der Waals surface area contributed by atoms with Crippen LogP contribution < -0.4 is 14.8 Å². The predicted molar refractivity (Wildman–Crippen MR) is 67.5 cm³/mol. The van der Waals surface area contributed by atoms with Gasteiger partial charge in [0, 0.05) is 18.2 Å². The SMILES string of the molecule is COC(=O)COc1cc2c(cc1OC)CCC(=O)N2. The molecule has 0 atom stereocenters. The number of hydrogen-bond donors (Lipinski definition) is 1. The van der Waals surface area contributed by atoms with Crippen LogP contribution in [0, 0.1) is 0 Å². The van der Waals surface area contributed by atoms with Gasteiger partial charge in [0.25, 0.3) is 0 Å². The van der Waals surface area contributed by atoms with Gasteiger partial charge in [0.1, 0.15) is 0 Å². The molecule has 6 nitrogen and oxygen atoms in total. The molecule has 19 heavy (non-hydrogen) atoms. The Morgan fingerprint density at radius 2 is 2.05 bits per heavy atom. The number of fused-ring (bicyclic) bond motifs is 1. The van der Waals surface area contributed by atoms with E-state index in [1.165, 1.54) is 14.2 Å². The van der Waals surface area contributed by atoms with Gasteiger partial charge in [-0.1, -0.05) is 0 Å². The molecule has 0 bridgehead atoms. The molecule has 1 aromatic carbocycles. The maximum absolute atomic E-state index is 11.3. The molecule has 1 heterocycles. The fourth-order valence-electron chi connectivity index (χ4n) is 1.85. The number of nitrogens with one attached hydrogen (secondary N) is 1. The van der Waals surface area contributed by atoms with Gasteiger partial charge in [0.15, 0.2) is 18.1 Å². The lowest BCUT2D eigenvalue weighted by molar-refractivity contribution is -0.142. The van der Waals surface area contributed by atoms with E-state index < -0.39 is 5.97 Å². The largest absolute Gasteiger partial charge is 0.493 e. The quantitative estimate of drug-likeness (QED) is 0.826. The number of esters is 1. The molecule has 1 aromatic rings. The van der Waals surface area contributed by atoms with Crippen molar-refractivity contribution in [1.82, 2.24) is 0 Å². The summed E-state index contributed by atoms with van der Waals surface area (Å²) in [7, 11) is 2.81. The van der Waals surface area contributed by atoms with Crippen molar-refractivity contribution in [3.8, 4) is 11.5 Å². The topological polar surface area (TPSA) is 73.9 Å². The normalized spacial score (nSPS) is 13.3. The summed E-state index contributed by atoms with van der Waals surface area (Å²) in [6, 6.07) is 3.47. The Bertz CT molecular complexity index is 512. The number of benzene rings is 1. The standard InChI is InChI=1S/C13H15NO5/c1-17-10-5-8-3-4-12(15)14-9(8)6-11(10)19-7-13(16)18-2/h5-6H,3-4,7H2,1-2H3,(H,14,15). The average molecular weight is 265 g/mol. The zero-order valence-corrected chi connectivity index (χ0v) is 10.8. The highest BCUT2D eigenvalue weighted by atomic mass is 16.6. The number of amides is 1. The molecular formula is C13H15NO5. The van der Waals surface area contributed by atoms with Crippen LogP contribution in [0.1, 0.15) is 12.0 Å². The fourth-order valence-corrected chi connectivity index (χ4v) is 1.85. The Morgan fingerprint density at radius 3 is 2.74 bits per heavy atom. The third-order valence-electron chi connectivity index (χ3n) is 2.86. The van der Waals surface area contributed by atoms with Crippen LogP contribution in [0.15, 0.2) is 12.1 Å². The number of rotatable bonds is 4. The van der Waals surface area contributed by atoms with Gasteiger partial charge in [-0.15, -0.1) is 0 Å². The summed E-state index contributed by atoms with van der Waals surface area (Å²) in [4.78, 5) is 22.4. The van der Waals surface area contributed by atoms with Gasteiger partial charge in [0.2, 0.25) is 5.91 Å². The molecule has 0 saturated carbocycles. The van der Waals surface area contributed by atoms with Crippen LogP contribution in [0.25, 0.3) is 0 Å². The summed E-state index contributed by atoms with van der Waals surface area (Å²) in [5, 5.41) is 2.76. The van der Waals surface area contributed by atoms with Crippen molar-refractivity contribution >= 4 is 17.6 Å². The molecule has 0 aliphatic carbocycles. The summed E-state index contributed by atoms with van der Waals surface area (Å²) in [6.07, 6.45) is 1.12. The van der Waals surface area contributed by atoms with E-state index in [1.807, 2.05) is 0 Å². The predicted octanol–water partition coefficient (Wildman–Crippen LogP) is 1.13. The number of carbonyl (C=O) groups excluding carboxylic acids is 2. The van der Waals surface area contributed by atoms with Crippen LogP contribution in [0.4, 0.5) is 5.69 Å². The Balaban J connectivity index is 2.24. The fraction of sp³-hybridized carbons (Fsp3) is 0.385. The molecule has 102 valence electrons. The third-order valence-corrected chi connectivity index (χ3v) is 2.86. The van der Waals surface area contributed by atoms with E-state index in [0.29, 0.717) is 30.0 Å². The second-order valence-corrected chi connectivity index (χ2v) is 4.07. The first-order chi connectivity index (χ1) is 9.13. The lowest BCUT2D eigenvalue weighted by Crippen LogP contribution is -2.19. The Morgan fingerprint density at radius 1 is 1.26 bits per heavy atom. The summed E-state index contributed by atoms with van der Waals surface area (Å²) < 4.78 is 15.0. The van der Waals surface area contributed by atoms with Crippen molar-refractivity contribution in [1.29, 1.82) is 0 Å². The van der Waals surface area contributed by atoms with E-state index in [0.717, 1.165) is 5.56 Å². The van der Waals surface area contributed by atoms with Crippen molar-refractivity contribution in [3.63, 3.8) is 0 Å². The number of hydrogen-bond acceptors (Lipinski definition) is 5. The van der Waals surface area contributed by atoms with Crippen molar-refractivity contribution in [2.75, 3.05) is 26.1 Å². The molecular weight excluding hydrogens is 250 g/mol. The Hall–Kier alpha value is -2.24. The molecule has 0 saturated heterocycles. The summed E-state index contributed by atoms with van der Waals surface area (Å²) >= 11 is 0. The molecule has 2 rings (SSSR count). The van der Waals surface area contributed by atoms with Crippen LogP contribution in [0.5, 0.6) is 11.5 Å². The monoisotopic (exact) mass is 265 g/mol. The van der Waals surface area contributed by atoms with E-state index in [1.54, 1.807) is 12.1 Å². The highest BCUT2D eigenvalue weighted by Crippen LogP contribution is 2.35. The minimum atomic E-state index is -0.483. The second-order valence-electron chi connectivity index (χ2n) is 4.07. The summed E-state index contributed by atoms with van der Waals surface area (Å²) in [5.74, 6) is 0.410. The molecule has 0 unspecified atom stereocenters. The van der Waals surface area contributed by atoms with Gasteiger partial charge in [-0.2, -0.15) is 0 Å². The van der Waals surface area contributed by atoms with Crippen molar-refractivity contribution in [2.45, 2.75) is 12.8 Å². The van der Waals surface area contributed by atoms with Crippen molar-refractivity contribution in [2.24, 2.45) is 0 Å². The average Bonchev–Trinajstić information content (AvgIpc) is 2.43. The van der Waals surface area contributed by atoms with Crippen LogP contribution in [0.2, 0.25) is 0 Å². The van der Waals surface area contributed by atoms with Crippen LogP contribution in [-0.2, 0) is 20.7 Å². The van der Waals surface area contributed by atoms with Gasteiger partial charge >= 0.3 is 5.97 Å². The van der Waals surface area contributed by atoms with E-state index in [4.69, 9.17) is 9.47 Å². The Kier molecular flexibility index (Phi) is 3.89. The van der Waals surface area contributed by atoms with Crippen LogP contribution >= 0.6 is 0 Å². The zero-order chi connectivity index (χ0) is 13.8. The molecule has 1 N–H and O–H groups in total. The lowest BCUT2D eigenvalue weighted by atomic mass is 10.0. The van der Waals surface area contributed by atoms with Gasteiger partial charge in [-0.05, 0) is 18.1 Å². The van der Waals surface area contributed by atoms with E-state index in [2.05, 4.69) is 10.1 Å². The molecule has 0 fully saturated rings. The highest BCUT2D eigenvalue weighted by Gasteiger charge is 2.19. The molecule has 1 aliphatic rings. The van der Waals surface area contributed by atoms with E-state index in [-0.39, 0.29) is 12.5 Å². The number of anilines is 1. The van der Waals surface area contributed by atoms with Crippen molar-refractivity contribution in [3.05, 3.63) is 17.7 Å². The maximum Gasteiger partial charge on any atom is 0.343 e. The van der Waals surface area contributed by atoms with Crippen LogP contribution in [0.3, 0.4) is 0 Å². The number of carbonyl (C=O) groups is 2. The maximum atomic E-state index is 11.3. The number of aryl methyl sites for hydroxylation is 1. The smallest absolute Gasteiger partial charge is 0.343 e. The first-order valence-corrected chi connectivity index (χ1v) is 5.84. The van der Waals surface area contributed by atoms with Gasteiger partial charge in [0.05, 0.1) is 14.2 Å². The molecule has 0 spiro atoms. The zero-order valence-electron chi connectivity index (χ0n) is 10.8. The van der Waals surface area contributed by atoms with E-state index >= 15 is 0 Å². The molecule has 0 aromatic heterocycles. The summed E-state index contributed by atoms with van der Waals surface area (Å²) in [6.45, 7) is -0.209. The first-order valence-electron chi connectivity index (χ1n) is 5.84. The van der Waals surface area contributed by atoms with Crippen molar-refractivity contribution < 1.29 is 23.8 Å².